The summed E-state index contributed by atoms with van der Waals surface area (Å²) in [5, 5.41) is 2.69. The highest BCUT2D eigenvalue weighted by Gasteiger charge is 2.25. The Morgan fingerprint density at radius 1 is 1.50 bits per heavy atom. The number of nitrogens with two attached hydrogens (primary N) is 1. The third kappa shape index (κ3) is 3.12. The number of hydrogen-bond donors (Lipinski definition) is 3. The highest BCUT2D eigenvalue weighted by molar-refractivity contribution is 7.89. The molecule has 1 aromatic rings. The number of hydrogen-bond acceptors (Lipinski definition) is 4. The highest BCUT2D eigenvalue weighted by atomic mass is 35.5. The zero-order valence-corrected chi connectivity index (χ0v) is 12.5. The van der Waals surface area contributed by atoms with E-state index in [1.165, 1.54) is 12.1 Å². The first-order valence-electron chi connectivity index (χ1n) is 6.21. The van der Waals surface area contributed by atoms with Crippen LogP contribution >= 0.6 is 11.6 Å². The van der Waals surface area contributed by atoms with Gasteiger partial charge < -0.3 is 11.1 Å². The maximum atomic E-state index is 12.2. The molecule has 1 heterocycles. The molecule has 110 valence electrons. The topological polar surface area (TPSA) is 101 Å². The molecule has 1 aliphatic rings. The van der Waals surface area contributed by atoms with E-state index in [-0.39, 0.29) is 34.8 Å². The smallest absolute Gasteiger partial charge is 0.242 e. The lowest BCUT2D eigenvalue weighted by atomic mass is 10.2. The maximum absolute atomic E-state index is 12.2. The van der Waals surface area contributed by atoms with Gasteiger partial charge in [-0.1, -0.05) is 18.5 Å². The van der Waals surface area contributed by atoms with E-state index in [9.17, 15) is 13.2 Å². The minimum absolute atomic E-state index is 0.0299. The Bertz CT molecular complexity index is 646. The van der Waals surface area contributed by atoms with Crippen molar-refractivity contribution in [1.29, 1.82) is 0 Å². The van der Waals surface area contributed by atoms with Gasteiger partial charge in [-0.3, -0.25) is 4.79 Å². The second-order valence-corrected chi connectivity index (χ2v) is 6.83. The number of carbonyl (C=O) groups excluding carboxylic acids is 1. The van der Waals surface area contributed by atoms with E-state index >= 15 is 0 Å². The lowest BCUT2D eigenvalue weighted by Gasteiger charge is -2.13. The monoisotopic (exact) mass is 317 g/mol. The lowest BCUT2D eigenvalue weighted by molar-refractivity contribution is -0.115. The van der Waals surface area contributed by atoms with Crippen molar-refractivity contribution in [1.82, 2.24) is 4.72 Å². The Balaban J connectivity index is 2.29. The molecule has 1 atom stereocenters. The molecule has 0 saturated heterocycles. The zero-order valence-electron chi connectivity index (χ0n) is 10.9. The Morgan fingerprint density at radius 2 is 2.20 bits per heavy atom. The molecule has 1 unspecified atom stereocenters. The van der Waals surface area contributed by atoms with Crippen LogP contribution in [0.1, 0.15) is 18.9 Å². The van der Waals surface area contributed by atoms with Gasteiger partial charge in [-0.25, -0.2) is 13.1 Å². The molecule has 20 heavy (non-hydrogen) atoms. The van der Waals surface area contributed by atoms with Crippen LogP contribution in [0, 0.1) is 0 Å². The van der Waals surface area contributed by atoms with Gasteiger partial charge >= 0.3 is 0 Å². The first-order chi connectivity index (χ1) is 9.33. The van der Waals surface area contributed by atoms with Gasteiger partial charge in [-0.05, 0) is 24.1 Å². The Hall–Kier alpha value is -1.15. The molecular weight excluding hydrogens is 302 g/mol. The van der Waals surface area contributed by atoms with Crippen molar-refractivity contribution in [2.45, 2.75) is 30.7 Å². The third-order valence-electron chi connectivity index (χ3n) is 3.13. The summed E-state index contributed by atoms with van der Waals surface area (Å²) in [7, 11) is -3.74. The van der Waals surface area contributed by atoms with Gasteiger partial charge in [0, 0.05) is 18.3 Å². The minimum atomic E-state index is -3.74. The van der Waals surface area contributed by atoms with Crippen LogP contribution < -0.4 is 15.8 Å². The lowest BCUT2D eigenvalue weighted by Crippen LogP contribution is -2.36. The van der Waals surface area contributed by atoms with Gasteiger partial charge in [0.2, 0.25) is 15.9 Å². The molecule has 1 amide bonds. The van der Waals surface area contributed by atoms with E-state index in [1.54, 1.807) is 0 Å². The van der Waals surface area contributed by atoms with E-state index < -0.39 is 10.0 Å². The van der Waals surface area contributed by atoms with Crippen molar-refractivity contribution in [3.63, 3.8) is 0 Å². The maximum Gasteiger partial charge on any atom is 0.242 e. The molecule has 0 radical (unpaired) electrons. The quantitative estimate of drug-likeness (QED) is 0.749. The van der Waals surface area contributed by atoms with E-state index in [1.807, 2.05) is 6.92 Å². The molecule has 0 spiro atoms. The van der Waals surface area contributed by atoms with Gasteiger partial charge in [-0.15, -0.1) is 0 Å². The Labute approximate surface area is 122 Å². The van der Waals surface area contributed by atoms with Crippen molar-refractivity contribution in [3.8, 4) is 0 Å². The molecule has 2 rings (SSSR count). The van der Waals surface area contributed by atoms with E-state index in [2.05, 4.69) is 10.0 Å². The van der Waals surface area contributed by atoms with Crippen molar-refractivity contribution in [3.05, 3.63) is 22.7 Å². The Morgan fingerprint density at radius 3 is 2.85 bits per heavy atom. The van der Waals surface area contributed by atoms with Crippen LogP contribution in [0.5, 0.6) is 0 Å². The standard InChI is InChI=1S/C12H16ClN3O3S/c1-2-8(14)6-15-20(18,19)11-3-7-4-12(17)16-10(7)5-9(11)13/h3,5,8,15H,2,4,6,14H2,1H3,(H,16,17). The highest BCUT2D eigenvalue weighted by Crippen LogP contribution is 2.32. The number of sulfonamides is 1. The summed E-state index contributed by atoms with van der Waals surface area (Å²) in [6, 6.07) is 2.63. The number of halogens is 1. The van der Waals surface area contributed by atoms with Crippen molar-refractivity contribution in [2.24, 2.45) is 5.73 Å². The summed E-state index contributed by atoms with van der Waals surface area (Å²) >= 11 is 5.99. The first kappa shape index (κ1) is 15.2. The normalized spacial score (nSPS) is 15.8. The molecule has 4 N–H and O–H groups in total. The first-order valence-corrected chi connectivity index (χ1v) is 8.07. The van der Waals surface area contributed by atoms with Crippen LogP contribution in [0.4, 0.5) is 5.69 Å². The zero-order chi connectivity index (χ0) is 14.9. The van der Waals surface area contributed by atoms with Gasteiger partial charge in [-0.2, -0.15) is 0 Å². The number of amides is 1. The molecule has 0 bridgehead atoms. The fourth-order valence-electron chi connectivity index (χ4n) is 1.87. The molecule has 0 saturated carbocycles. The number of nitrogens with one attached hydrogen (secondary N) is 2. The van der Waals surface area contributed by atoms with Crippen LogP contribution in [0.3, 0.4) is 0 Å². The van der Waals surface area contributed by atoms with Crippen molar-refractivity contribution < 1.29 is 13.2 Å². The number of benzene rings is 1. The summed E-state index contributed by atoms with van der Waals surface area (Å²) in [4.78, 5) is 11.3. The molecule has 6 nitrogen and oxygen atoms in total. The Kier molecular flexibility index (Phi) is 4.33. The van der Waals surface area contributed by atoms with E-state index in [4.69, 9.17) is 17.3 Å². The van der Waals surface area contributed by atoms with Crippen LogP contribution in [-0.4, -0.2) is 26.9 Å². The summed E-state index contributed by atoms with van der Waals surface area (Å²) < 4.78 is 26.8. The number of fused-ring (bicyclic) bond motifs is 1. The largest absolute Gasteiger partial charge is 0.327 e. The molecular formula is C12H16ClN3O3S. The molecule has 1 aromatic carbocycles. The predicted molar refractivity (Wildman–Crippen MR) is 77.2 cm³/mol. The van der Waals surface area contributed by atoms with Crippen LogP contribution in [-0.2, 0) is 21.2 Å². The summed E-state index contributed by atoms with van der Waals surface area (Å²) in [6.07, 6.45) is 0.822. The minimum Gasteiger partial charge on any atom is -0.327 e. The van der Waals surface area contributed by atoms with Crippen LogP contribution in [0.15, 0.2) is 17.0 Å². The predicted octanol–water partition coefficient (Wildman–Crippen LogP) is 0.850. The fraction of sp³-hybridized carbons (Fsp3) is 0.417. The average Bonchev–Trinajstić information content (AvgIpc) is 2.74. The summed E-state index contributed by atoms with van der Waals surface area (Å²) in [5.74, 6) is -0.174. The van der Waals surface area contributed by atoms with Gasteiger partial charge in [0.25, 0.3) is 0 Å². The second kappa shape index (κ2) is 5.69. The summed E-state index contributed by atoms with van der Waals surface area (Å²) in [5.41, 5.74) is 6.87. The number of carbonyl (C=O) groups is 1. The van der Waals surface area contributed by atoms with Crippen LogP contribution in [0.25, 0.3) is 0 Å². The molecule has 8 heteroatoms. The molecule has 0 fully saturated rings. The van der Waals surface area contributed by atoms with Crippen molar-refractivity contribution in [2.75, 3.05) is 11.9 Å². The van der Waals surface area contributed by atoms with Gasteiger partial charge in [0.05, 0.1) is 11.4 Å². The fourth-order valence-corrected chi connectivity index (χ4v) is 3.54. The molecule has 0 aromatic heterocycles. The number of anilines is 1. The second-order valence-electron chi connectivity index (χ2n) is 4.68. The van der Waals surface area contributed by atoms with E-state index in [0.29, 0.717) is 17.7 Å². The van der Waals surface area contributed by atoms with Gasteiger partial charge in [0.15, 0.2) is 0 Å². The van der Waals surface area contributed by atoms with Gasteiger partial charge in [0.1, 0.15) is 4.90 Å². The van der Waals surface area contributed by atoms with E-state index in [0.717, 1.165) is 0 Å². The third-order valence-corrected chi connectivity index (χ3v) is 5.02. The molecule has 0 aliphatic carbocycles. The SMILES string of the molecule is CCC(N)CNS(=O)(=O)c1cc2c(cc1Cl)NC(=O)C2. The average molecular weight is 318 g/mol. The number of rotatable bonds is 5. The molecule has 1 aliphatic heterocycles. The summed E-state index contributed by atoms with van der Waals surface area (Å²) in [6.45, 7) is 2.02. The van der Waals surface area contributed by atoms with Crippen LogP contribution in [0.2, 0.25) is 5.02 Å². The van der Waals surface area contributed by atoms with Crippen molar-refractivity contribution >= 4 is 33.2 Å².